The Kier molecular flexibility index (Phi) is 2.21. The summed E-state index contributed by atoms with van der Waals surface area (Å²) in [6.45, 7) is 1.93. The highest BCUT2D eigenvalue weighted by atomic mass is 32.1. The van der Waals surface area contributed by atoms with Gasteiger partial charge in [0.15, 0.2) is 0 Å². The largest absolute Gasteiger partial charge is 0.396 e. The quantitative estimate of drug-likeness (QED) is 0.732. The normalized spacial score (nSPS) is 10.4. The number of nitrogens with zero attached hydrogens (tertiary/aromatic N) is 1. The lowest BCUT2D eigenvalue weighted by molar-refractivity contribution is 0.632. The maximum absolute atomic E-state index is 12.9. The van der Waals surface area contributed by atoms with Crippen LogP contribution in [0.2, 0.25) is 0 Å². The zero-order chi connectivity index (χ0) is 10.1. The lowest BCUT2D eigenvalue weighted by atomic mass is 10.1. The number of aryl methyl sites for hydroxylation is 1. The fourth-order valence-corrected chi connectivity index (χ4v) is 1.82. The van der Waals surface area contributed by atoms with E-state index >= 15 is 0 Å². The first-order valence-electron chi connectivity index (χ1n) is 4.14. The van der Waals surface area contributed by atoms with Crippen LogP contribution in [0.5, 0.6) is 0 Å². The van der Waals surface area contributed by atoms with Gasteiger partial charge in [0.2, 0.25) is 0 Å². The van der Waals surface area contributed by atoms with Crippen LogP contribution in [-0.2, 0) is 0 Å². The summed E-state index contributed by atoms with van der Waals surface area (Å²) in [6, 6.07) is 4.64. The molecule has 0 spiro atoms. The Balaban J connectivity index is 2.47. The Bertz CT molecular complexity index is 465. The van der Waals surface area contributed by atoms with Crippen molar-refractivity contribution in [2.24, 2.45) is 0 Å². The van der Waals surface area contributed by atoms with E-state index in [4.69, 9.17) is 5.73 Å². The van der Waals surface area contributed by atoms with E-state index in [9.17, 15) is 4.39 Å². The van der Waals surface area contributed by atoms with E-state index in [0.717, 1.165) is 16.3 Å². The number of benzene rings is 1. The van der Waals surface area contributed by atoms with E-state index in [1.54, 1.807) is 23.5 Å². The van der Waals surface area contributed by atoms with Gasteiger partial charge in [-0.3, -0.25) is 0 Å². The van der Waals surface area contributed by atoms with Gasteiger partial charge in [-0.2, -0.15) is 0 Å². The van der Waals surface area contributed by atoms with Gasteiger partial charge in [-0.25, -0.2) is 9.37 Å². The van der Waals surface area contributed by atoms with Gasteiger partial charge in [-0.15, -0.1) is 11.3 Å². The molecule has 2 nitrogen and oxygen atoms in total. The molecule has 2 rings (SSSR count). The molecule has 1 aromatic heterocycles. The number of halogens is 1. The van der Waals surface area contributed by atoms with E-state index < -0.39 is 0 Å². The Morgan fingerprint density at radius 1 is 1.43 bits per heavy atom. The second-order valence-electron chi connectivity index (χ2n) is 2.99. The van der Waals surface area contributed by atoms with Gasteiger partial charge in [-0.1, -0.05) is 0 Å². The number of anilines is 1. The van der Waals surface area contributed by atoms with Crippen molar-refractivity contribution in [1.82, 2.24) is 4.98 Å². The predicted octanol–water partition coefficient (Wildman–Crippen LogP) is 2.84. The first-order chi connectivity index (χ1) is 6.66. The molecule has 2 N–H and O–H groups in total. The molecule has 1 heterocycles. The minimum Gasteiger partial charge on any atom is -0.396 e. The molecule has 0 atom stereocenters. The Morgan fingerprint density at radius 3 is 2.79 bits per heavy atom. The van der Waals surface area contributed by atoms with Gasteiger partial charge in [0.1, 0.15) is 5.82 Å². The zero-order valence-corrected chi connectivity index (χ0v) is 8.44. The van der Waals surface area contributed by atoms with Crippen molar-refractivity contribution >= 4 is 17.0 Å². The molecule has 0 aliphatic carbocycles. The number of thiazole rings is 1. The summed E-state index contributed by atoms with van der Waals surface area (Å²) in [7, 11) is 0. The minimum atomic E-state index is -0.388. The first kappa shape index (κ1) is 9.15. The Hall–Kier alpha value is -1.42. The third-order valence-corrected chi connectivity index (χ3v) is 2.68. The van der Waals surface area contributed by atoms with E-state index in [1.807, 2.05) is 12.3 Å². The van der Waals surface area contributed by atoms with Crippen molar-refractivity contribution in [3.63, 3.8) is 0 Å². The Morgan fingerprint density at radius 2 is 2.21 bits per heavy atom. The number of hydrogen-bond acceptors (Lipinski definition) is 3. The highest BCUT2D eigenvalue weighted by molar-refractivity contribution is 7.09. The molecule has 0 radical (unpaired) electrons. The smallest absolute Gasteiger partial charge is 0.146 e. The molecule has 4 heteroatoms. The summed E-state index contributed by atoms with van der Waals surface area (Å²) in [5.74, 6) is -0.388. The molecule has 0 bridgehead atoms. The number of rotatable bonds is 1. The summed E-state index contributed by atoms with van der Waals surface area (Å²) in [6.07, 6.45) is 0. The predicted molar refractivity (Wildman–Crippen MR) is 56.7 cm³/mol. The SMILES string of the molecule is Cc1nc(-c2ccc(F)c(N)c2)cs1. The van der Waals surface area contributed by atoms with Crippen LogP contribution in [0.15, 0.2) is 23.6 Å². The van der Waals surface area contributed by atoms with Crippen LogP contribution >= 0.6 is 11.3 Å². The fraction of sp³-hybridized carbons (Fsp3) is 0.100. The molecular formula is C10H9FN2S. The third-order valence-electron chi connectivity index (χ3n) is 1.91. The summed E-state index contributed by atoms with van der Waals surface area (Å²) in [5, 5.41) is 2.92. The number of nitrogen functional groups attached to an aromatic ring is 1. The van der Waals surface area contributed by atoms with Crippen LogP contribution in [0, 0.1) is 12.7 Å². The van der Waals surface area contributed by atoms with Crippen LogP contribution < -0.4 is 5.73 Å². The molecule has 2 aromatic rings. The van der Waals surface area contributed by atoms with Gasteiger partial charge in [0.25, 0.3) is 0 Å². The fourth-order valence-electron chi connectivity index (χ4n) is 1.20. The average molecular weight is 208 g/mol. The van der Waals surface area contributed by atoms with E-state index in [0.29, 0.717) is 0 Å². The molecule has 72 valence electrons. The molecule has 0 fully saturated rings. The molecule has 0 aliphatic heterocycles. The maximum atomic E-state index is 12.9. The van der Waals surface area contributed by atoms with E-state index in [1.165, 1.54) is 6.07 Å². The second-order valence-corrected chi connectivity index (χ2v) is 4.05. The molecular weight excluding hydrogens is 199 g/mol. The van der Waals surface area contributed by atoms with Gasteiger partial charge < -0.3 is 5.73 Å². The standard InChI is InChI=1S/C10H9FN2S/c1-6-13-10(5-14-6)7-2-3-8(11)9(12)4-7/h2-5H,12H2,1H3. The van der Waals surface area contributed by atoms with Crippen LogP contribution in [0.3, 0.4) is 0 Å². The van der Waals surface area contributed by atoms with Crippen LogP contribution in [-0.4, -0.2) is 4.98 Å². The van der Waals surface area contributed by atoms with Crippen molar-refractivity contribution in [1.29, 1.82) is 0 Å². The van der Waals surface area contributed by atoms with Crippen LogP contribution in [0.25, 0.3) is 11.3 Å². The second kappa shape index (κ2) is 3.38. The Labute approximate surface area is 85.2 Å². The molecule has 0 saturated heterocycles. The summed E-state index contributed by atoms with van der Waals surface area (Å²) < 4.78 is 12.9. The van der Waals surface area contributed by atoms with Crippen molar-refractivity contribution in [2.45, 2.75) is 6.92 Å². The van der Waals surface area contributed by atoms with Crippen LogP contribution in [0.1, 0.15) is 5.01 Å². The summed E-state index contributed by atoms with van der Waals surface area (Å²) >= 11 is 1.56. The van der Waals surface area contributed by atoms with Gasteiger partial charge in [0.05, 0.1) is 16.4 Å². The maximum Gasteiger partial charge on any atom is 0.146 e. The number of hydrogen-bond donors (Lipinski definition) is 1. The topological polar surface area (TPSA) is 38.9 Å². The first-order valence-corrected chi connectivity index (χ1v) is 5.02. The molecule has 0 unspecified atom stereocenters. The zero-order valence-electron chi connectivity index (χ0n) is 7.62. The van der Waals surface area contributed by atoms with Crippen molar-refractivity contribution in [2.75, 3.05) is 5.73 Å². The molecule has 1 aromatic carbocycles. The highest BCUT2D eigenvalue weighted by Gasteiger charge is 2.04. The van der Waals surface area contributed by atoms with Crippen molar-refractivity contribution < 1.29 is 4.39 Å². The van der Waals surface area contributed by atoms with Crippen LogP contribution in [0.4, 0.5) is 10.1 Å². The highest BCUT2D eigenvalue weighted by Crippen LogP contribution is 2.24. The van der Waals surface area contributed by atoms with Crippen molar-refractivity contribution in [3.8, 4) is 11.3 Å². The van der Waals surface area contributed by atoms with Gasteiger partial charge in [0, 0.05) is 10.9 Å². The lowest BCUT2D eigenvalue weighted by Crippen LogP contribution is -1.90. The van der Waals surface area contributed by atoms with E-state index in [-0.39, 0.29) is 11.5 Å². The summed E-state index contributed by atoms with van der Waals surface area (Å²) in [5.41, 5.74) is 7.33. The third kappa shape index (κ3) is 1.61. The van der Waals surface area contributed by atoms with Gasteiger partial charge >= 0.3 is 0 Å². The summed E-state index contributed by atoms with van der Waals surface area (Å²) in [4.78, 5) is 4.29. The molecule has 0 aliphatic rings. The molecule has 0 saturated carbocycles. The average Bonchev–Trinajstić information content (AvgIpc) is 2.57. The van der Waals surface area contributed by atoms with E-state index in [2.05, 4.69) is 4.98 Å². The lowest BCUT2D eigenvalue weighted by Gasteiger charge is -1.99. The monoisotopic (exact) mass is 208 g/mol. The van der Waals surface area contributed by atoms with Gasteiger partial charge in [-0.05, 0) is 25.1 Å². The minimum absolute atomic E-state index is 0.160. The molecule has 14 heavy (non-hydrogen) atoms. The molecule has 0 amide bonds. The number of aromatic nitrogens is 1. The number of nitrogens with two attached hydrogens (primary N) is 1. The van der Waals surface area contributed by atoms with Crippen molar-refractivity contribution in [3.05, 3.63) is 34.4 Å².